The molecule has 1 saturated heterocycles. The lowest BCUT2D eigenvalue weighted by Gasteiger charge is -2.41. The second-order valence-electron chi connectivity index (χ2n) is 12.7. The van der Waals surface area contributed by atoms with Crippen LogP contribution in [-0.2, 0) is 4.74 Å². The number of benzene rings is 4. The van der Waals surface area contributed by atoms with Crippen LogP contribution in [0.15, 0.2) is 60.7 Å². The van der Waals surface area contributed by atoms with Crippen LogP contribution >= 0.6 is 0 Å². The van der Waals surface area contributed by atoms with E-state index in [1.807, 2.05) is 0 Å². The lowest BCUT2D eigenvalue weighted by Crippen LogP contribution is -2.60. The van der Waals surface area contributed by atoms with E-state index in [-0.39, 0.29) is 22.6 Å². The molecule has 0 radical (unpaired) electrons. The third-order valence-electron chi connectivity index (χ3n) is 9.41. The molecule has 278 valence electrons. The third-order valence-corrected chi connectivity index (χ3v) is 9.41. The minimum absolute atomic E-state index is 0.0442. The van der Waals surface area contributed by atoms with Gasteiger partial charge in [-0.1, -0.05) is 18.2 Å². The van der Waals surface area contributed by atoms with Crippen molar-refractivity contribution in [1.29, 1.82) is 0 Å². The summed E-state index contributed by atoms with van der Waals surface area (Å²) in [5, 5.41) is 115. The zero-order chi connectivity index (χ0) is 38.0. The number of ketones is 2. The van der Waals surface area contributed by atoms with Crippen molar-refractivity contribution in [1.82, 2.24) is 0 Å². The van der Waals surface area contributed by atoms with E-state index in [1.165, 1.54) is 30.3 Å². The summed E-state index contributed by atoms with van der Waals surface area (Å²) in [6.07, 6.45) is -14.2. The van der Waals surface area contributed by atoms with Gasteiger partial charge >= 0.3 is 0 Å². The molecule has 11 N–H and O–H groups in total. The quantitative estimate of drug-likeness (QED) is 0.122. The number of fused-ring (bicyclic) bond motifs is 2. The molecular formula is C36H32O17. The topological polar surface area (TPSA) is 294 Å². The summed E-state index contributed by atoms with van der Waals surface area (Å²) in [6.45, 7) is -0.843. The predicted molar refractivity (Wildman–Crippen MR) is 174 cm³/mol. The van der Waals surface area contributed by atoms with Gasteiger partial charge in [-0.05, 0) is 35.4 Å². The van der Waals surface area contributed by atoms with Crippen LogP contribution in [0.25, 0.3) is 0 Å². The normalized spacial score (nSPS) is 28.0. The number of hydrogen-bond donors (Lipinski definition) is 11. The number of carbonyl (C=O) groups is 2. The van der Waals surface area contributed by atoms with E-state index in [9.17, 15) is 65.8 Å². The Balaban J connectivity index is 1.49. The Bertz CT molecular complexity index is 2100. The number of aliphatic hydroxyl groups excluding tert-OH is 5. The molecule has 0 unspecified atom stereocenters. The zero-order valence-electron chi connectivity index (χ0n) is 27.0. The summed E-state index contributed by atoms with van der Waals surface area (Å²) in [6, 6.07) is 11.4. The van der Waals surface area contributed by atoms with Gasteiger partial charge in [0.05, 0.1) is 18.1 Å². The van der Waals surface area contributed by atoms with Gasteiger partial charge < -0.3 is 75.1 Å². The number of rotatable bonds is 6. The van der Waals surface area contributed by atoms with Crippen molar-refractivity contribution in [3.05, 3.63) is 88.5 Å². The second-order valence-corrected chi connectivity index (χ2v) is 12.7. The Morgan fingerprint density at radius 1 is 0.623 bits per heavy atom. The van der Waals surface area contributed by atoms with Gasteiger partial charge in [0, 0.05) is 18.2 Å². The highest BCUT2D eigenvalue weighted by Crippen LogP contribution is 2.56. The molecule has 0 amide bonds. The maximum absolute atomic E-state index is 14.7. The first-order valence-corrected chi connectivity index (χ1v) is 16.0. The van der Waals surface area contributed by atoms with Crippen molar-refractivity contribution in [2.24, 2.45) is 0 Å². The lowest BCUT2D eigenvalue weighted by molar-refractivity contribution is -0.277. The molecule has 0 spiro atoms. The van der Waals surface area contributed by atoms with E-state index < -0.39 is 130 Å². The van der Waals surface area contributed by atoms with Crippen LogP contribution in [0.3, 0.4) is 0 Å². The van der Waals surface area contributed by atoms with Crippen LogP contribution in [0.2, 0.25) is 0 Å². The molecule has 3 aliphatic rings. The molecule has 0 aliphatic carbocycles. The second kappa shape index (κ2) is 13.3. The highest BCUT2D eigenvalue weighted by Gasteiger charge is 2.50. The number of phenols is 6. The molecule has 3 aliphatic heterocycles. The van der Waals surface area contributed by atoms with Crippen molar-refractivity contribution in [3.8, 4) is 51.7 Å². The SMILES string of the molecule is O=C1c2c(O)cc(O)cc2O[C@H](c2ccc(O)cc2)[C@H]1c1c(O[C@@H]2O[C@H](CO)[C@@H](O)[C@H](O)[C@H]2O)cc(O)c2c1O[C@@H](c1ccc(O)c(O)c1)[C@@H](O)C2=O. The van der Waals surface area contributed by atoms with Crippen molar-refractivity contribution >= 4 is 11.6 Å². The maximum Gasteiger partial charge on any atom is 0.229 e. The fraction of sp³-hybridized carbons (Fsp3) is 0.278. The monoisotopic (exact) mass is 736 g/mol. The highest BCUT2D eigenvalue weighted by atomic mass is 16.7. The summed E-state index contributed by atoms with van der Waals surface area (Å²) in [7, 11) is 0. The summed E-state index contributed by atoms with van der Waals surface area (Å²) in [5.41, 5.74) is -1.32. The molecular weight excluding hydrogens is 704 g/mol. The van der Waals surface area contributed by atoms with Crippen molar-refractivity contribution < 1.29 is 84.7 Å². The summed E-state index contributed by atoms with van der Waals surface area (Å²) in [4.78, 5) is 28.6. The molecule has 17 heteroatoms. The predicted octanol–water partition coefficient (Wildman–Crippen LogP) is 0.876. The van der Waals surface area contributed by atoms with Gasteiger partial charge in [0.25, 0.3) is 0 Å². The number of aromatic hydroxyl groups is 6. The molecule has 0 aromatic heterocycles. The summed E-state index contributed by atoms with van der Waals surface area (Å²) in [5.74, 6) is -8.55. The fourth-order valence-corrected chi connectivity index (χ4v) is 6.76. The zero-order valence-corrected chi connectivity index (χ0v) is 27.0. The van der Waals surface area contributed by atoms with E-state index in [4.69, 9.17) is 18.9 Å². The van der Waals surface area contributed by atoms with E-state index in [0.29, 0.717) is 0 Å². The van der Waals surface area contributed by atoms with Crippen molar-refractivity contribution in [3.63, 3.8) is 0 Å². The van der Waals surface area contributed by atoms with Crippen LogP contribution in [0, 0.1) is 0 Å². The Morgan fingerprint density at radius 3 is 1.98 bits per heavy atom. The highest BCUT2D eigenvalue weighted by molar-refractivity contribution is 6.10. The van der Waals surface area contributed by atoms with Crippen LogP contribution in [0.4, 0.5) is 0 Å². The maximum atomic E-state index is 14.7. The molecule has 4 aromatic rings. The van der Waals surface area contributed by atoms with Gasteiger partial charge in [0.2, 0.25) is 12.1 Å². The van der Waals surface area contributed by atoms with Gasteiger partial charge in [-0.15, -0.1) is 0 Å². The van der Waals surface area contributed by atoms with Gasteiger partial charge in [-0.2, -0.15) is 0 Å². The Kier molecular flexibility index (Phi) is 8.93. The Labute approximate surface area is 297 Å². The number of Topliss-reactive ketones (excluding diaryl/α,β-unsaturated/α-hetero) is 2. The first kappa shape index (κ1) is 35.6. The van der Waals surface area contributed by atoms with Gasteiger partial charge in [0.15, 0.2) is 29.5 Å². The van der Waals surface area contributed by atoms with Crippen molar-refractivity contribution in [2.45, 2.75) is 54.9 Å². The van der Waals surface area contributed by atoms with E-state index in [0.717, 1.165) is 30.3 Å². The first-order chi connectivity index (χ1) is 25.2. The first-order valence-electron chi connectivity index (χ1n) is 16.0. The number of ether oxygens (including phenoxy) is 4. The van der Waals surface area contributed by atoms with Crippen LogP contribution < -0.4 is 14.2 Å². The molecule has 4 aromatic carbocycles. The minimum atomic E-state index is -2.03. The average molecular weight is 737 g/mol. The molecule has 3 heterocycles. The van der Waals surface area contributed by atoms with Crippen LogP contribution in [0.5, 0.6) is 51.7 Å². The number of phenolic OH excluding ortho intramolecular Hbond substituents is 6. The molecule has 53 heavy (non-hydrogen) atoms. The Hall–Kier alpha value is -5.82. The van der Waals surface area contributed by atoms with E-state index in [2.05, 4.69) is 0 Å². The molecule has 17 nitrogen and oxygen atoms in total. The molecule has 0 saturated carbocycles. The van der Waals surface area contributed by atoms with Gasteiger partial charge in [-0.25, -0.2) is 0 Å². The standard InChI is InChI=1S/C36H32O17/c37-11-22-27(44)30(47)32(49)36(52-22)51-21-10-19(43)24-29(46)31(48)34(13-3-6-16(40)17(41)7-13)53-35(24)25(21)26-28(45)23-18(42)8-15(39)9-20(23)50-33(26)12-1-4-14(38)5-2-12/h1-10,22,26-27,30-34,36-44,47-49H,11H2/t22-,26+,27-,30+,31+,32-,33-,34+,36-/m1/s1. The molecule has 0 bridgehead atoms. The minimum Gasteiger partial charge on any atom is -0.508 e. The molecule has 7 rings (SSSR count). The summed E-state index contributed by atoms with van der Waals surface area (Å²) >= 11 is 0. The third kappa shape index (κ3) is 5.94. The van der Waals surface area contributed by atoms with Gasteiger partial charge in [-0.3, -0.25) is 9.59 Å². The lowest BCUT2D eigenvalue weighted by atomic mass is 9.78. The van der Waals surface area contributed by atoms with Crippen LogP contribution in [-0.4, -0.2) is 111 Å². The smallest absolute Gasteiger partial charge is 0.229 e. The average Bonchev–Trinajstić information content (AvgIpc) is 3.11. The van der Waals surface area contributed by atoms with Crippen molar-refractivity contribution in [2.75, 3.05) is 6.61 Å². The number of carbonyl (C=O) groups excluding carboxylic acids is 2. The number of hydrogen-bond acceptors (Lipinski definition) is 17. The van der Waals surface area contributed by atoms with Crippen LogP contribution in [0.1, 0.15) is 55.5 Å². The summed E-state index contributed by atoms with van der Waals surface area (Å²) < 4.78 is 23.9. The number of aliphatic hydroxyl groups is 5. The van der Waals surface area contributed by atoms with Gasteiger partial charge in [0.1, 0.15) is 81.9 Å². The van der Waals surface area contributed by atoms with E-state index in [1.54, 1.807) is 0 Å². The molecule has 1 fully saturated rings. The fourth-order valence-electron chi connectivity index (χ4n) is 6.76. The molecule has 9 atom stereocenters. The van der Waals surface area contributed by atoms with E-state index >= 15 is 0 Å². The Morgan fingerprint density at radius 2 is 1.30 bits per heavy atom. The largest absolute Gasteiger partial charge is 0.508 e.